The van der Waals surface area contributed by atoms with Crippen LogP contribution in [0.25, 0.3) is 0 Å². The maximum absolute atomic E-state index is 5.36. The molecule has 0 radical (unpaired) electrons. The highest BCUT2D eigenvalue weighted by molar-refractivity contribution is 5.79. The molecule has 2 N–H and O–H groups in total. The van der Waals surface area contributed by atoms with Crippen LogP contribution in [-0.2, 0) is 11.3 Å². The highest BCUT2D eigenvalue weighted by Crippen LogP contribution is 2.14. The van der Waals surface area contributed by atoms with Crippen molar-refractivity contribution in [3.05, 3.63) is 17.5 Å². The van der Waals surface area contributed by atoms with Gasteiger partial charge in [-0.3, -0.25) is 4.90 Å². The molecule has 1 aliphatic heterocycles. The molecule has 0 saturated carbocycles. The fraction of sp³-hybridized carbons (Fsp3) is 0.750. The molecule has 1 fully saturated rings. The van der Waals surface area contributed by atoms with Crippen molar-refractivity contribution in [3.63, 3.8) is 0 Å². The number of nitrogens with zero attached hydrogens (tertiary/aromatic N) is 3. The van der Waals surface area contributed by atoms with E-state index in [4.69, 9.17) is 9.26 Å². The first-order valence-electron chi connectivity index (χ1n) is 8.46. The van der Waals surface area contributed by atoms with E-state index >= 15 is 0 Å². The zero-order chi connectivity index (χ0) is 16.5. The highest BCUT2D eigenvalue weighted by atomic mass is 16.5. The summed E-state index contributed by atoms with van der Waals surface area (Å²) < 4.78 is 10.7. The van der Waals surface area contributed by atoms with E-state index in [0.29, 0.717) is 12.5 Å². The van der Waals surface area contributed by atoms with Crippen molar-refractivity contribution in [1.29, 1.82) is 0 Å². The average Bonchev–Trinajstić information content (AvgIpc) is 3.03. The predicted molar refractivity (Wildman–Crippen MR) is 90.7 cm³/mol. The van der Waals surface area contributed by atoms with Crippen LogP contribution < -0.4 is 10.6 Å². The second-order valence-corrected chi connectivity index (χ2v) is 5.95. The van der Waals surface area contributed by atoms with Crippen LogP contribution in [0, 0.1) is 0 Å². The summed E-state index contributed by atoms with van der Waals surface area (Å²) in [6.45, 7) is 13.1. The van der Waals surface area contributed by atoms with Gasteiger partial charge in [0.15, 0.2) is 11.7 Å². The van der Waals surface area contributed by atoms with Gasteiger partial charge in [-0.25, -0.2) is 4.99 Å². The van der Waals surface area contributed by atoms with Gasteiger partial charge in [-0.2, -0.15) is 0 Å². The van der Waals surface area contributed by atoms with Gasteiger partial charge in [0.05, 0.1) is 18.9 Å². The lowest BCUT2D eigenvalue weighted by atomic mass is 10.1. The van der Waals surface area contributed by atoms with E-state index in [0.717, 1.165) is 63.4 Å². The molecule has 1 aromatic heterocycles. The Morgan fingerprint density at radius 1 is 1.35 bits per heavy atom. The number of guanidine groups is 1. The monoisotopic (exact) mass is 323 g/mol. The van der Waals surface area contributed by atoms with Crippen molar-refractivity contribution in [3.8, 4) is 0 Å². The molecule has 1 saturated heterocycles. The molecule has 0 aromatic carbocycles. The van der Waals surface area contributed by atoms with E-state index in [-0.39, 0.29) is 0 Å². The van der Waals surface area contributed by atoms with Crippen LogP contribution in [0.5, 0.6) is 0 Å². The number of nitrogens with one attached hydrogen (secondary N) is 2. The predicted octanol–water partition coefficient (Wildman–Crippen LogP) is 1.19. The van der Waals surface area contributed by atoms with E-state index in [9.17, 15) is 0 Å². The number of ether oxygens (including phenoxy) is 1. The standard InChI is InChI=1S/C16H29N5O2/c1-4-17-16(18-5-6-21-7-9-22-10-8-21)19-12-14-11-15(13(2)3)20-23-14/h11,13H,4-10,12H2,1-3H3,(H2,17,18,19). The molecule has 2 rings (SSSR count). The third-order valence-electron chi connectivity index (χ3n) is 3.73. The summed E-state index contributed by atoms with van der Waals surface area (Å²) in [6.07, 6.45) is 0. The van der Waals surface area contributed by atoms with Crippen molar-refractivity contribution < 1.29 is 9.26 Å². The number of aromatic nitrogens is 1. The maximum atomic E-state index is 5.36. The van der Waals surface area contributed by atoms with Gasteiger partial charge in [0.1, 0.15) is 6.54 Å². The van der Waals surface area contributed by atoms with Gasteiger partial charge in [-0.1, -0.05) is 19.0 Å². The summed E-state index contributed by atoms with van der Waals surface area (Å²) in [5, 5.41) is 10.7. The highest BCUT2D eigenvalue weighted by Gasteiger charge is 2.10. The molecule has 0 unspecified atom stereocenters. The molecule has 7 nitrogen and oxygen atoms in total. The van der Waals surface area contributed by atoms with Crippen LogP contribution in [0.15, 0.2) is 15.6 Å². The molecule has 2 heterocycles. The number of rotatable bonds is 7. The van der Waals surface area contributed by atoms with Crippen LogP contribution in [0.2, 0.25) is 0 Å². The Morgan fingerprint density at radius 2 is 2.13 bits per heavy atom. The van der Waals surface area contributed by atoms with Gasteiger partial charge in [-0.15, -0.1) is 0 Å². The Bertz CT molecular complexity index is 481. The van der Waals surface area contributed by atoms with Crippen LogP contribution in [0.1, 0.15) is 38.1 Å². The lowest BCUT2D eigenvalue weighted by Crippen LogP contribution is -2.44. The van der Waals surface area contributed by atoms with Gasteiger partial charge in [0.2, 0.25) is 0 Å². The number of aliphatic imine (C=N–C) groups is 1. The fourth-order valence-electron chi connectivity index (χ4n) is 2.33. The van der Waals surface area contributed by atoms with Gasteiger partial charge in [-0.05, 0) is 12.8 Å². The third kappa shape index (κ3) is 6.19. The van der Waals surface area contributed by atoms with Crippen LogP contribution in [0.3, 0.4) is 0 Å². The minimum atomic E-state index is 0.372. The first-order valence-corrected chi connectivity index (χ1v) is 8.46. The Labute approximate surface area is 138 Å². The van der Waals surface area contributed by atoms with E-state index in [2.05, 4.69) is 46.5 Å². The molecule has 0 spiro atoms. The summed E-state index contributed by atoms with van der Waals surface area (Å²) in [4.78, 5) is 6.95. The van der Waals surface area contributed by atoms with Crippen molar-refractivity contribution in [2.45, 2.75) is 33.2 Å². The van der Waals surface area contributed by atoms with Gasteiger partial charge in [0, 0.05) is 38.8 Å². The molecular formula is C16H29N5O2. The molecule has 0 atom stereocenters. The molecule has 7 heteroatoms. The summed E-state index contributed by atoms with van der Waals surface area (Å²) in [5.41, 5.74) is 0.973. The van der Waals surface area contributed by atoms with Gasteiger partial charge >= 0.3 is 0 Å². The molecular weight excluding hydrogens is 294 g/mol. The van der Waals surface area contributed by atoms with Crippen LogP contribution in [-0.4, -0.2) is 62.0 Å². The Hall–Kier alpha value is -1.60. The van der Waals surface area contributed by atoms with E-state index in [1.54, 1.807) is 0 Å². The van der Waals surface area contributed by atoms with Crippen molar-refractivity contribution in [2.24, 2.45) is 4.99 Å². The number of hydrogen-bond acceptors (Lipinski definition) is 5. The van der Waals surface area contributed by atoms with Gasteiger partial charge < -0.3 is 19.9 Å². The summed E-state index contributed by atoms with van der Waals surface area (Å²) in [7, 11) is 0. The average molecular weight is 323 g/mol. The normalized spacial score (nSPS) is 16.8. The molecule has 1 aromatic rings. The molecule has 1 aliphatic rings. The van der Waals surface area contributed by atoms with Crippen LogP contribution in [0.4, 0.5) is 0 Å². The third-order valence-corrected chi connectivity index (χ3v) is 3.73. The summed E-state index contributed by atoms with van der Waals surface area (Å²) in [5.74, 6) is 1.97. The van der Waals surface area contributed by atoms with E-state index in [1.807, 2.05) is 6.07 Å². The summed E-state index contributed by atoms with van der Waals surface area (Å²) >= 11 is 0. The Balaban J connectivity index is 1.78. The minimum Gasteiger partial charge on any atom is -0.379 e. The van der Waals surface area contributed by atoms with E-state index < -0.39 is 0 Å². The van der Waals surface area contributed by atoms with Crippen molar-refractivity contribution in [2.75, 3.05) is 45.9 Å². The molecule has 23 heavy (non-hydrogen) atoms. The molecule has 0 aliphatic carbocycles. The molecule has 0 amide bonds. The first-order chi connectivity index (χ1) is 11.2. The molecule has 0 bridgehead atoms. The second-order valence-electron chi connectivity index (χ2n) is 5.95. The maximum Gasteiger partial charge on any atom is 0.191 e. The first kappa shape index (κ1) is 17.7. The number of hydrogen-bond donors (Lipinski definition) is 2. The SMILES string of the molecule is CCNC(=NCc1cc(C(C)C)no1)NCCN1CCOCC1. The topological polar surface area (TPSA) is 74.9 Å². The zero-order valence-electron chi connectivity index (χ0n) is 14.5. The van der Waals surface area contributed by atoms with Crippen molar-refractivity contribution in [1.82, 2.24) is 20.7 Å². The second kappa shape index (κ2) is 9.52. The summed E-state index contributed by atoms with van der Waals surface area (Å²) in [6, 6.07) is 1.98. The largest absolute Gasteiger partial charge is 0.379 e. The van der Waals surface area contributed by atoms with Crippen molar-refractivity contribution >= 4 is 5.96 Å². The zero-order valence-corrected chi connectivity index (χ0v) is 14.5. The quantitative estimate of drug-likeness (QED) is 0.580. The molecule has 130 valence electrons. The van der Waals surface area contributed by atoms with Crippen LogP contribution >= 0.6 is 0 Å². The lowest BCUT2D eigenvalue weighted by Gasteiger charge is -2.26. The smallest absolute Gasteiger partial charge is 0.191 e. The van der Waals surface area contributed by atoms with Gasteiger partial charge in [0.25, 0.3) is 0 Å². The Kier molecular flexibility index (Phi) is 7.35. The number of morpholine rings is 1. The Morgan fingerprint density at radius 3 is 2.78 bits per heavy atom. The lowest BCUT2D eigenvalue weighted by molar-refractivity contribution is 0.0389. The fourth-order valence-corrected chi connectivity index (χ4v) is 2.33. The minimum absolute atomic E-state index is 0.372. The van der Waals surface area contributed by atoms with E-state index in [1.165, 1.54) is 0 Å².